The van der Waals surface area contributed by atoms with Crippen LogP contribution in [0.5, 0.6) is 5.75 Å². The first-order chi connectivity index (χ1) is 12.8. The predicted octanol–water partition coefficient (Wildman–Crippen LogP) is 6.22. The fourth-order valence-corrected chi connectivity index (χ4v) is 4.30. The second-order valence-corrected chi connectivity index (χ2v) is 8.06. The van der Waals surface area contributed by atoms with Crippen LogP contribution < -0.4 is 4.74 Å². The second-order valence-electron chi connectivity index (χ2n) is 7.01. The zero-order chi connectivity index (χ0) is 17.8. The van der Waals surface area contributed by atoms with Gasteiger partial charge in [0.25, 0.3) is 0 Å². The fourth-order valence-electron chi connectivity index (χ4n) is 3.44. The zero-order valence-electron chi connectivity index (χ0n) is 15.2. The molecule has 0 saturated carbocycles. The molecular weight excluding hydrogens is 336 g/mol. The third kappa shape index (κ3) is 4.31. The Morgan fingerprint density at radius 2 is 1.73 bits per heavy atom. The van der Waals surface area contributed by atoms with Gasteiger partial charge in [0.05, 0.1) is 0 Å². The summed E-state index contributed by atoms with van der Waals surface area (Å²) in [7, 11) is 0. The molecule has 0 saturated heterocycles. The van der Waals surface area contributed by atoms with E-state index >= 15 is 0 Å². The standard InChI is InChI=1S/C24H24OS/c1-18-7-14-24-21(15-18)10-11-22(25-24)16-19-8-12-23(13-9-19)26-17-20-5-3-2-4-6-20/h2-9,12-15,22H,10-11,16-17H2,1H3. The lowest BCUT2D eigenvalue weighted by molar-refractivity contribution is 0.174. The molecule has 1 unspecified atom stereocenters. The lowest BCUT2D eigenvalue weighted by Gasteiger charge is -2.26. The Bertz CT molecular complexity index is 855. The van der Waals surface area contributed by atoms with Gasteiger partial charge < -0.3 is 4.74 Å². The van der Waals surface area contributed by atoms with Crippen molar-refractivity contribution in [2.24, 2.45) is 0 Å². The smallest absolute Gasteiger partial charge is 0.122 e. The Kier molecular flexibility index (Phi) is 5.31. The molecule has 0 N–H and O–H groups in total. The summed E-state index contributed by atoms with van der Waals surface area (Å²) in [6.45, 7) is 2.14. The minimum Gasteiger partial charge on any atom is -0.490 e. The number of hydrogen-bond acceptors (Lipinski definition) is 2. The van der Waals surface area contributed by atoms with Crippen molar-refractivity contribution in [1.82, 2.24) is 0 Å². The molecule has 132 valence electrons. The van der Waals surface area contributed by atoms with Crippen LogP contribution in [0.25, 0.3) is 0 Å². The maximum atomic E-state index is 6.22. The number of aryl methyl sites for hydroxylation is 2. The third-order valence-electron chi connectivity index (χ3n) is 4.88. The van der Waals surface area contributed by atoms with Crippen molar-refractivity contribution in [3.05, 3.63) is 95.1 Å². The van der Waals surface area contributed by atoms with E-state index in [1.165, 1.54) is 27.1 Å². The molecule has 0 spiro atoms. The normalized spacial score (nSPS) is 16.0. The van der Waals surface area contributed by atoms with Gasteiger partial charge in [-0.2, -0.15) is 0 Å². The minimum atomic E-state index is 0.285. The molecule has 1 aliphatic heterocycles. The summed E-state index contributed by atoms with van der Waals surface area (Å²) >= 11 is 1.89. The molecule has 0 aliphatic carbocycles. The van der Waals surface area contributed by atoms with Crippen molar-refractivity contribution >= 4 is 11.8 Å². The van der Waals surface area contributed by atoms with Crippen LogP contribution in [0.15, 0.2) is 77.7 Å². The molecule has 3 aromatic carbocycles. The monoisotopic (exact) mass is 360 g/mol. The van der Waals surface area contributed by atoms with Gasteiger partial charge >= 0.3 is 0 Å². The summed E-state index contributed by atoms with van der Waals surface area (Å²) in [6, 6.07) is 26.1. The molecule has 1 nitrogen and oxygen atoms in total. The Morgan fingerprint density at radius 1 is 0.923 bits per heavy atom. The molecule has 0 aromatic heterocycles. The Morgan fingerprint density at radius 3 is 2.54 bits per heavy atom. The van der Waals surface area contributed by atoms with Gasteiger partial charge in [0.1, 0.15) is 11.9 Å². The second kappa shape index (κ2) is 8.01. The summed E-state index contributed by atoms with van der Waals surface area (Å²) in [5, 5.41) is 0. The first-order valence-electron chi connectivity index (χ1n) is 9.28. The van der Waals surface area contributed by atoms with Crippen molar-refractivity contribution in [3.63, 3.8) is 0 Å². The van der Waals surface area contributed by atoms with E-state index in [4.69, 9.17) is 4.74 Å². The van der Waals surface area contributed by atoms with E-state index in [0.29, 0.717) is 0 Å². The van der Waals surface area contributed by atoms with Crippen LogP contribution in [-0.4, -0.2) is 6.10 Å². The van der Waals surface area contributed by atoms with Crippen molar-refractivity contribution in [3.8, 4) is 5.75 Å². The highest BCUT2D eigenvalue weighted by Gasteiger charge is 2.20. The van der Waals surface area contributed by atoms with Crippen molar-refractivity contribution < 1.29 is 4.74 Å². The third-order valence-corrected chi connectivity index (χ3v) is 5.96. The van der Waals surface area contributed by atoms with Crippen molar-refractivity contribution in [2.75, 3.05) is 0 Å². The van der Waals surface area contributed by atoms with Gasteiger partial charge in [-0.3, -0.25) is 0 Å². The lowest BCUT2D eigenvalue weighted by Crippen LogP contribution is -2.24. The molecule has 0 fully saturated rings. The molecule has 0 radical (unpaired) electrons. The van der Waals surface area contributed by atoms with Crippen molar-refractivity contribution in [2.45, 2.75) is 42.9 Å². The van der Waals surface area contributed by atoms with Crippen LogP contribution in [-0.2, 0) is 18.6 Å². The van der Waals surface area contributed by atoms with Crippen LogP contribution in [0.1, 0.15) is 28.7 Å². The van der Waals surface area contributed by atoms with Crippen molar-refractivity contribution in [1.29, 1.82) is 0 Å². The predicted molar refractivity (Wildman–Crippen MR) is 110 cm³/mol. The maximum absolute atomic E-state index is 6.22. The summed E-state index contributed by atoms with van der Waals surface area (Å²) < 4.78 is 6.22. The number of benzene rings is 3. The summed E-state index contributed by atoms with van der Waals surface area (Å²) in [6.07, 6.45) is 3.48. The molecule has 1 heterocycles. The molecule has 1 aliphatic rings. The molecule has 26 heavy (non-hydrogen) atoms. The highest BCUT2D eigenvalue weighted by atomic mass is 32.2. The van der Waals surface area contributed by atoms with Gasteiger partial charge in [0.15, 0.2) is 0 Å². The fraction of sp³-hybridized carbons (Fsp3) is 0.250. The summed E-state index contributed by atoms with van der Waals surface area (Å²) in [4.78, 5) is 1.32. The van der Waals surface area contributed by atoms with E-state index in [-0.39, 0.29) is 6.10 Å². The van der Waals surface area contributed by atoms with Crippen LogP contribution in [0.3, 0.4) is 0 Å². The highest BCUT2D eigenvalue weighted by Crippen LogP contribution is 2.30. The van der Waals surface area contributed by atoms with Gasteiger partial charge in [-0.25, -0.2) is 0 Å². The van der Waals surface area contributed by atoms with E-state index in [1.54, 1.807) is 0 Å². The molecule has 2 heteroatoms. The highest BCUT2D eigenvalue weighted by molar-refractivity contribution is 7.98. The first kappa shape index (κ1) is 17.2. The van der Waals surface area contributed by atoms with Gasteiger partial charge in [-0.15, -0.1) is 11.8 Å². The molecule has 1 atom stereocenters. The topological polar surface area (TPSA) is 9.23 Å². The molecule has 3 aromatic rings. The van der Waals surface area contributed by atoms with Crippen LogP contribution in [0.2, 0.25) is 0 Å². The Labute approximate surface area is 160 Å². The molecule has 4 rings (SSSR count). The van der Waals surface area contributed by atoms with Gasteiger partial charge in [-0.05, 0) is 54.7 Å². The van der Waals surface area contributed by atoms with Crippen LogP contribution in [0.4, 0.5) is 0 Å². The van der Waals surface area contributed by atoms with E-state index in [0.717, 1.165) is 30.8 Å². The van der Waals surface area contributed by atoms with Crippen LogP contribution in [0, 0.1) is 6.92 Å². The van der Waals surface area contributed by atoms with Gasteiger partial charge in [0, 0.05) is 17.1 Å². The summed E-state index contributed by atoms with van der Waals surface area (Å²) in [5.41, 5.74) is 5.39. The minimum absolute atomic E-state index is 0.285. The summed E-state index contributed by atoms with van der Waals surface area (Å²) in [5.74, 6) is 2.09. The number of fused-ring (bicyclic) bond motifs is 1. The van der Waals surface area contributed by atoms with E-state index in [2.05, 4.69) is 79.7 Å². The van der Waals surface area contributed by atoms with Gasteiger partial charge in [-0.1, -0.05) is 60.2 Å². The van der Waals surface area contributed by atoms with E-state index < -0.39 is 0 Å². The quantitative estimate of drug-likeness (QED) is 0.499. The average Bonchev–Trinajstić information content (AvgIpc) is 2.68. The molecule has 0 bridgehead atoms. The zero-order valence-corrected chi connectivity index (χ0v) is 16.0. The van der Waals surface area contributed by atoms with E-state index in [1.807, 2.05) is 11.8 Å². The van der Waals surface area contributed by atoms with Crippen LogP contribution >= 0.6 is 11.8 Å². The number of thioether (sulfide) groups is 1. The first-order valence-corrected chi connectivity index (χ1v) is 10.3. The Hall–Kier alpha value is -2.19. The number of rotatable bonds is 5. The Balaban J connectivity index is 1.34. The lowest BCUT2D eigenvalue weighted by atomic mass is 9.97. The number of hydrogen-bond donors (Lipinski definition) is 0. The largest absolute Gasteiger partial charge is 0.490 e. The molecular formula is C24H24OS. The number of ether oxygens (including phenoxy) is 1. The average molecular weight is 361 g/mol. The molecule has 0 amide bonds. The van der Waals surface area contributed by atoms with Gasteiger partial charge in [0.2, 0.25) is 0 Å². The maximum Gasteiger partial charge on any atom is 0.122 e. The van der Waals surface area contributed by atoms with E-state index in [9.17, 15) is 0 Å². The SMILES string of the molecule is Cc1ccc2c(c1)CCC(Cc1ccc(SCc3ccccc3)cc1)O2.